The molecule has 0 radical (unpaired) electrons. The molecule has 3 rings (SSSR count). The van der Waals surface area contributed by atoms with Crippen LogP contribution in [0.1, 0.15) is 42.5 Å². The number of nitrogens with one attached hydrogen (secondary N) is 1. The van der Waals surface area contributed by atoms with Crippen molar-refractivity contribution >= 4 is 12.2 Å². The molecular weight excluding hydrogens is 410 g/mol. The predicted molar refractivity (Wildman–Crippen MR) is 137 cm³/mol. The molecule has 4 nitrogen and oxygen atoms in total. The van der Waals surface area contributed by atoms with Crippen LogP contribution in [0.15, 0.2) is 66.7 Å². The molecule has 3 aromatic carbocycles. The molecule has 1 atom stereocenters. The van der Waals surface area contributed by atoms with Gasteiger partial charge in [-0.1, -0.05) is 61.5 Å². The van der Waals surface area contributed by atoms with Crippen LogP contribution in [0, 0.1) is 0 Å². The maximum absolute atomic E-state index is 5.56. The lowest BCUT2D eigenvalue weighted by atomic mass is 9.85. The van der Waals surface area contributed by atoms with Gasteiger partial charge in [-0.05, 0) is 72.8 Å². The molecule has 0 aliphatic heterocycles. The topological polar surface area (TPSA) is 39.7 Å². The molecule has 0 saturated heterocycles. The Morgan fingerprint density at radius 2 is 1.58 bits per heavy atom. The summed E-state index contributed by atoms with van der Waals surface area (Å²) in [6.45, 7) is 5.31. The SMILES string of the molecule is CCC(C)(NCCc1ccc(OC)c(OC)c1)c1cc(OC)ccc1C=Cc1ccccc1. The van der Waals surface area contributed by atoms with Crippen molar-refractivity contribution in [3.8, 4) is 17.2 Å². The summed E-state index contributed by atoms with van der Waals surface area (Å²) in [6, 6.07) is 22.8. The van der Waals surface area contributed by atoms with Crippen LogP contribution in [0.3, 0.4) is 0 Å². The summed E-state index contributed by atoms with van der Waals surface area (Å²) < 4.78 is 16.4. The van der Waals surface area contributed by atoms with Gasteiger partial charge in [-0.3, -0.25) is 0 Å². The van der Waals surface area contributed by atoms with Gasteiger partial charge in [0.05, 0.1) is 21.3 Å². The van der Waals surface area contributed by atoms with E-state index in [1.807, 2.05) is 24.3 Å². The molecule has 1 unspecified atom stereocenters. The summed E-state index contributed by atoms with van der Waals surface area (Å²) in [5.74, 6) is 2.37. The van der Waals surface area contributed by atoms with E-state index >= 15 is 0 Å². The molecule has 0 bridgehead atoms. The number of rotatable bonds is 11. The highest BCUT2D eigenvalue weighted by atomic mass is 16.5. The van der Waals surface area contributed by atoms with Gasteiger partial charge in [0.25, 0.3) is 0 Å². The Bertz CT molecular complexity index is 1060. The Balaban J connectivity index is 1.82. The van der Waals surface area contributed by atoms with Crippen LogP contribution >= 0.6 is 0 Å². The molecule has 33 heavy (non-hydrogen) atoms. The summed E-state index contributed by atoms with van der Waals surface area (Å²) in [6.07, 6.45) is 6.17. The molecule has 0 heterocycles. The highest BCUT2D eigenvalue weighted by molar-refractivity contribution is 5.72. The molecule has 0 aliphatic carbocycles. The summed E-state index contributed by atoms with van der Waals surface area (Å²) in [5.41, 5.74) is 4.58. The molecule has 0 spiro atoms. The molecule has 0 aromatic heterocycles. The minimum Gasteiger partial charge on any atom is -0.497 e. The first-order chi connectivity index (χ1) is 16.0. The second kappa shape index (κ2) is 11.6. The van der Waals surface area contributed by atoms with E-state index in [1.54, 1.807) is 21.3 Å². The predicted octanol–water partition coefficient (Wildman–Crippen LogP) is 6.34. The van der Waals surface area contributed by atoms with E-state index in [9.17, 15) is 0 Å². The fraction of sp³-hybridized carbons (Fsp3) is 0.310. The molecule has 0 fully saturated rings. The molecular formula is C29H35NO3. The highest BCUT2D eigenvalue weighted by Gasteiger charge is 2.26. The van der Waals surface area contributed by atoms with Crippen molar-refractivity contribution in [1.29, 1.82) is 0 Å². The van der Waals surface area contributed by atoms with Gasteiger partial charge in [0.15, 0.2) is 11.5 Å². The zero-order valence-corrected chi connectivity index (χ0v) is 20.4. The smallest absolute Gasteiger partial charge is 0.160 e. The summed E-state index contributed by atoms with van der Waals surface area (Å²) in [5, 5.41) is 3.81. The van der Waals surface area contributed by atoms with Crippen LogP contribution < -0.4 is 19.5 Å². The third-order valence-electron chi connectivity index (χ3n) is 6.19. The zero-order chi connectivity index (χ0) is 23.7. The first kappa shape index (κ1) is 24.4. The van der Waals surface area contributed by atoms with E-state index in [0.717, 1.165) is 36.6 Å². The van der Waals surface area contributed by atoms with Gasteiger partial charge in [-0.25, -0.2) is 0 Å². The van der Waals surface area contributed by atoms with E-state index in [1.165, 1.54) is 22.3 Å². The second-order valence-electron chi connectivity index (χ2n) is 8.25. The van der Waals surface area contributed by atoms with Gasteiger partial charge in [0, 0.05) is 5.54 Å². The Hall–Kier alpha value is -3.24. The fourth-order valence-electron chi connectivity index (χ4n) is 3.97. The average molecular weight is 446 g/mol. The van der Waals surface area contributed by atoms with Crippen molar-refractivity contribution < 1.29 is 14.2 Å². The number of benzene rings is 3. The van der Waals surface area contributed by atoms with Gasteiger partial charge in [-0.2, -0.15) is 0 Å². The summed E-state index contributed by atoms with van der Waals surface area (Å²) in [4.78, 5) is 0. The van der Waals surface area contributed by atoms with Crippen molar-refractivity contribution in [2.45, 2.75) is 32.2 Å². The molecule has 3 aromatic rings. The lowest BCUT2D eigenvalue weighted by molar-refractivity contribution is 0.349. The minimum atomic E-state index is -0.207. The van der Waals surface area contributed by atoms with E-state index < -0.39 is 0 Å². The quantitative estimate of drug-likeness (QED) is 0.350. The highest BCUT2D eigenvalue weighted by Crippen LogP contribution is 2.32. The Morgan fingerprint density at radius 3 is 2.24 bits per heavy atom. The minimum absolute atomic E-state index is 0.207. The van der Waals surface area contributed by atoms with Crippen LogP contribution in [-0.2, 0) is 12.0 Å². The van der Waals surface area contributed by atoms with Crippen molar-refractivity contribution in [1.82, 2.24) is 5.32 Å². The number of ether oxygens (including phenoxy) is 3. The normalized spacial score (nSPS) is 13.0. The van der Waals surface area contributed by atoms with Gasteiger partial charge >= 0.3 is 0 Å². The van der Waals surface area contributed by atoms with Crippen LogP contribution in [0.2, 0.25) is 0 Å². The van der Waals surface area contributed by atoms with Crippen molar-refractivity contribution in [2.75, 3.05) is 27.9 Å². The third kappa shape index (κ3) is 6.17. The van der Waals surface area contributed by atoms with Crippen LogP contribution in [0.4, 0.5) is 0 Å². The first-order valence-electron chi connectivity index (χ1n) is 11.4. The maximum Gasteiger partial charge on any atom is 0.160 e. The van der Waals surface area contributed by atoms with Crippen LogP contribution in [-0.4, -0.2) is 27.9 Å². The van der Waals surface area contributed by atoms with Gasteiger partial charge in [0.1, 0.15) is 5.75 Å². The van der Waals surface area contributed by atoms with Crippen LogP contribution in [0.5, 0.6) is 17.2 Å². The van der Waals surface area contributed by atoms with Crippen molar-refractivity contribution in [3.63, 3.8) is 0 Å². The molecule has 0 amide bonds. The Labute approximate surface area is 198 Å². The van der Waals surface area contributed by atoms with Gasteiger partial charge in [0.2, 0.25) is 0 Å². The number of hydrogen-bond acceptors (Lipinski definition) is 4. The van der Waals surface area contributed by atoms with Gasteiger partial charge in [-0.15, -0.1) is 0 Å². The third-order valence-corrected chi connectivity index (χ3v) is 6.19. The first-order valence-corrected chi connectivity index (χ1v) is 11.4. The second-order valence-corrected chi connectivity index (χ2v) is 8.25. The largest absolute Gasteiger partial charge is 0.497 e. The van der Waals surface area contributed by atoms with E-state index in [4.69, 9.17) is 14.2 Å². The summed E-state index contributed by atoms with van der Waals surface area (Å²) >= 11 is 0. The fourth-order valence-corrected chi connectivity index (χ4v) is 3.97. The molecule has 4 heteroatoms. The lowest BCUT2D eigenvalue weighted by Gasteiger charge is -2.32. The average Bonchev–Trinajstić information content (AvgIpc) is 2.87. The molecule has 0 aliphatic rings. The Morgan fingerprint density at radius 1 is 0.818 bits per heavy atom. The molecule has 174 valence electrons. The number of hydrogen-bond donors (Lipinski definition) is 1. The zero-order valence-electron chi connectivity index (χ0n) is 20.4. The van der Waals surface area contributed by atoms with E-state index in [-0.39, 0.29) is 5.54 Å². The van der Waals surface area contributed by atoms with Crippen molar-refractivity contribution in [3.05, 3.63) is 89.0 Å². The standard InChI is InChI=1S/C29H35NO3/c1-6-29(2,30-19-18-23-13-17-27(32-4)28(20-23)33-5)26-21-25(31-3)16-15-24(26)14-12-22-10-8-7-9-11-22/h7-17,20-21,30H,6,18-19H2,1-5H3. The lowest BCUT2D eigenvalue weighted by Crippen LogP contribution is -2.40. The summed E-state index contributed by atoms with van der Waals surface area (Å²) in [7, 11) is 5.04. The van der Waals surface area contributed by atoms with E-state index in [0.29, 0.717) is 0 Å². The van der Waals surface area contributed by atoms with Gasteiger partial charge < -0.3 is 19.5 Å². The van der Waals surface area contributed by atoms with Crippen LogP contribution in [0.25, 0.3) is 12.2 Å². The van der Waals surface area contributed by atoms with E-state index in [2.05, 4.69) is 73.8 Å². The maximum atomic E-state index is 5.56. The van der Waals surface area contributed by atoms with Crippen molar-refractivity contribution in [2.24, 2.45) is 0 Å². The Kier molecular flexibility index (Phi) is 8.56. The molecule has 1 N–H and O–H groups in total. The molecule has 0 saturated carbocycles. The number of methoxy groups -OCH3 is 3. The monoisotopic (exact) mass is 445 g/mol.